The first-order chi connectivity index (χ1) is 13.8. The summed E-state index contributed by atoms with van der Waals surface area (Å²) >= 11 is 1.80. The predicted octanol–water partition coefficient (Wildman–Crippen LogP) is 3.29. The number of hydrogen-bond donors (Lipinski definition) is 3. The van der Waals surface area contributed by atoms with Crippen LogP contribution in [0.25, 0.3) is 10.2 Å². The average molecular weight is 397 g/mol. The van der Waals surface area contributed by atoms with Gasteiger partial charge in [-0.1, -0.05) is 12.1 Å². The van der Waals surface area contributed by atoms with Crippen LogP contribution in [0.4, 0.5) is 5.82 Å². The zero-order chi connectivity index (χ0) is 19.3. The number of anilines is 1. The topological polar surface area (TPSA) is 87.1 Å². The van der Waals surface area contributed by atoms with Crippen molar-refractivity contribution in [3.05, 3.63) is 52.2 Å². The van der Waals surface area contributed by atoms with E-state index in [2.05, 4.69) is 20.6 Å². The molecule has 7 heteroatoms. The van der Waals surface area contributed by atoms with Gasteiger partial charge < -0.3 is 15.7 Å². The molecular formula is C21H24N4O2S. The number of nitrogens with zero attached hydrogens (tertiary/aromatic N) is 2. The van der Waals surface area contributed by atoms with Gasteiger partial charge in [-0.2, -0.15) is 0 Å². The highest BCUT2D eigenvalue weighted by molar-refractivity contribution is 7.19. The molecule has 0 unspecified atom stereocenters. The quantitative estimate of drug-likeness (QED) is 0.534. The molecule has 0 saturated carbocycles. The second-order valence-corrected chi connectivity index (χ2v) is 8.08. The Morgan fingerprint density at radius 1 is 1.14 bits per heavy atom. The lowest BCUT2D eigenvalue weighted by atomic mass is 9.97. The Balaban J connectivity index is 1.45. The number of aliphatic hydroxyl groups is 1. The van der Waals surface area contributed by atoms with Gasteiger partial charge in [-0.3, -0.25) is 4.79 Å². The molecule has 0 atom stereocenters. The summed E-state index contributed by atoms with van der Waals surface area (Å²) in [5.41, 5.74) is 3.13. The van der Waals surface area contributed by atoms with Crippen LogP contribution in [0.1, 0.15) is 45.6 Å². The number of rotatable bonds is 7. The summed E-state index contributed by atoms with van der Waals surface area (Å²) in [5, 5.41) is 16.2. The van der Waals surface area contributed by atoms with E-state index in [1.165, 1.54) is 28.7 Å². The van der Waals surface area contributed by atoms with Crippen LogP contribution in [-0.4, -0.2) is 34.1 Å². The van der Waals surface area contributed by atoms with Crippen molar-refractivity contribution in [2.75, 3.05) is 18.5 Å². The fraction of sp³-hybridized carbons (Fsp3) is 0.381. The number of amides is 1. The minimum atomic E-state index is -0.115. The van der Waals surface area contributed by atoms with Crippen molar-refractivity contribution >= 4 is 33.3 Å². The van der Waals surface area contributed by atoms with Crippen LogP contribution in [0, 0.1) is 0 Å². The maximum Gasteiger partial charge on any atom is 0.251 e. The van der Waals surface area contributed by atoms with Gasteiger partial charge in [0.05, 0.1) is 5.39 Å². The highest BCUT2D eigenvalue weighted by Gasteiger charge is 2.19. The van der Waals surface area contributed by atoms with Crippen molar-refractivity contribution in [3.63, 3.8) is 0 Å². The molecule has 1 aliphatic rings. The van der Waals surface area contributed by atoms with E-state index in [0.29, 0.717) is 25.1 Å². The zero-order valence-electron chi connectivity index (χ0n) is 15.7. The fourth-order valence-corrected chi connectivity index (χ4v) is 4.80. The number of nitrogens with one attached hydrogen (secondary N) is 2. The Labute approximate surface area is 168 Å². The summed E-state index contributed by atoms with van der Waals surface area (Å²) in [4.78, 5) is 23.5. The van der Waals surface area contributed by atoms with Crippen molar-refractivity contribution in [1.82, 2.24) is 15.3 Å². The summed E-state index contributed by atoms with van der Waals surface area (Å²) in [6.45, 7) is 1.20. The van der Waals surface area contributed by atoms with Gasteiger partial charge in [0.25, 0.3) is 5.91 Å². The number of thiophene rings is 1. The van der Waals surface area contributed by atoms with Gasteiger partial charge in [-0.05, 0) is 55.4 Å². The molecule has 0 bridgehead atoms. The minimum Gasteiger partial charge on any atom is -0.396 e. The van der Waals surface area contributed by atoms with Crippen molar-refractivity contribution in [2.45, 2.75) is 38.6 Å². The Morgan fingerprint density at radius 2 is 1.96 bits per heavy atom. The predicted molar refractivity (Wildman–Crippen MR) is 112 cm³/mol. The number of benzene rings is 1. The number of aliphatic hydroxyl groups excluding tert-OH is 1. The van der Waals surface area contributed by atoms with E-state index in [-0.39, 0.29) is 12.5 Å². The normalized spacial score (nSPS) is 13.3. The monoisotopic (exact) mass is 396 g/mol. The van der Waals surface area contributed by atoms with E-state index in [0.717, 1.165) is 29.1 Å². The number of carbonyl (C=O) groups is 1. The first-order valence-electron chi connectivity index (χ1n) is 9.73. The second-order valence-electron chi connectivity index (χ2n) is 7.00. The van der Waals surface area contributed by atoms with Crippen LogP contribution in [0.15, 0.2) is 30.6 Å². The van der Waals surface area contributed by atoms with E-state index >= 15 is 0 Å². The first-order valence-corrected chi connectivity index (χ1v) is 10.5. The summed E-state index contributed by atoms with van der Waals surface area (Å²) < 4.78 is 0. The van der Waals surface area contributed by atoms with E-state index < -0.39 is 0 Å². The van der Waals surface area contributed by atoms with Gasteiger partial charge in [-0.25, -0.2) is 9.97 Å². The molecule has 0 aliphatic heterocycles. The van der Waals surface area contributed by atoms with Gasteiger partial charge in [0.15, 0.2) is 0 Å². The molecule has 0 spiro atoms. The third-order valence-electron chi connectivity index (χ3n) is 5.05. The fourth-order valence-electron chi connectivity index (χ4n) is 3.57. The zero-order valence-corrected chi connectivity index (χ0v) is 16.5. The van der Waals surface area contributed by atoms with Crippen LogP contribution in [0.5, 0.6) is 0 Å². The molecule has 146 valence electrons. The van der Waals surface area contributed by atoms with Crippen molar-refractivity contribution < 1.29 is 9.90 Å². The van der Waals surface area contributed by atoms with Crippen LogP contribution in [0.3, 0.4) is 0 Å². The van der Waals surface area contributed by atoms with Crippen molar-refractivity contribution in [3.8, 4) is 0 Å². The highest BCUT2D eigenvalue weighted by Crippen LogP contribution is 2.38. The van der Waals surface area contributed by atoms with E-state index in [9.17, 15) is 4.79 Å². The molecule has 4 rings (SSSR count). The van der Waals surface area contributed by atoms with Crippen LogP contribution >= 0.6 is 11.3 Å². The lowest BCUT2D eigenvalue weighted by molar-refractivity contribution is 0.0951. The van der Waals surface area contributed by atoms with Crippen molar-refractivity contribution in [2.24, 2.45) is 0 Å². The largest absolute Gasteiger partial charge is 0.396 e. The second kappa shape index (κ2) is 8.67. The third kappa shape index (κ3) is 4.00. The Bertz CT molecular complexity index is 968. The standard InChI is InChI=1S/C21H24N4O2S/c26-11-3-10-22-20(27)15-8-6-14(7-9-15)12-23-19-18-16-4-1-2-5-17(16)28-21(18)25-13-24-19/h6-9,13,26H,1-5,10-12H2,(H,22,27)(H,23,24,25). The molecule has 1 aromatic carbocycles. The maximum absolute atomic E-state index is 12.0. The lowest BCUT2D eigenvalue weighted by Crippen LogP contribution is -2.24. The SMILES string of the molecule is O=C(NCCCO)c1ccc(CNc2ncnc3sc4c(c23)CCCC4)cc1. The van der Waals surface area contributed by atoms with Crippen LogP contribution in [0.2, 0.25) is 0 Å². The molecule has 3 aromatic rings. The maximum atomic E-state index is 12.0. The summed E-state index contributed by atoms with van der Waals surface area (Å²) in [6, 6.07) is 7.56. The molecule has 1 aliphatic carbocycles. The molecule has 2 aromatic heterocycles. The number of aryl methyl sites for hydroxylation is 2. The molecule has 1 amide bonds. The van der Waals surface area contributed by atoms with Gasteiger partial charge >= 0.3 is 0 Å². The highest BCUT2D eigenvalue weighted by atomic mass is 32.1. The number of carbonyl (C=O) groups excluding carboxylic acids is 1. The number of hydrogen-bond acceptors (Lipinski definition) is 6. The number of aromatic nitrogens is 2. The summed E-state index contributed by atoms with van der Waals surface area (Å²) in [5.74, 6) is 0.783. The molecule has 6 nitrogen and oxygen atoms in total. The average Bonchev–Trinajstić information content (AvgIpc) is 3.12. The molecule has 0 fully saturated rings. The molecule has 3 N–H and O–H groups in total. The Kier molecular flexibility index (Phi) is 5.83. The summed E-state index contributed by atoms with van der Waals surface area (Å²) in [6.07, 6.45) is 6.94. The van der Waals surface area contributed by atoms with Crippen LogP contribution in [-0.2, 0) is 19.4 Å². The summed E-state index contributed by atoms with van der Waals surface area (Å²) in [7, 11) is 0. The smallest absolute Gasteiger partial charge is 0.251 e. The first kappa shape index (κ1) is 18.8. The van der Waals surface area contributed by atoms with Gasteiger partial charge in [0.1, 0.15) is 17.0 Å². The van der Waals surface area contributed by atoms with E-state index in [1.807, 2.05) is 24.3 Å². The molecule has 28 heavy (non-hydrogen) atoms. The van der Waals surface area contributed by atoms with Gasteiger partial charge in [0.2, 0.25) is 0 Å². The minimum absolute atomic E-state index is 0.0779. The Morgan fingerprint density at radius 3 is 2.79 bits per heavy atom. The molecule has 0 radical (unpaired) electrons. The van der Waals surface area contributed by atoms with Gasteiger partial charge in [-0.15, -0.1) is 11.3 Å². The lowest BCUT2D eigenvalue weighted by Gasteiger charge is -2.12. The van der Waals surface area contributed by atoms with E-state index in [4.69, 9.17) is 5.11 Å². The van der Waals surface area contributed by atoms with Crippen molar-refractivity contribution in [1.29, 1.82) is 0 Å². The Hall–Kier alpha value is -2.51. The third-order valence-corrected chi connectivity index (χ3v) is 6.25. The molecular weight excluding hydrogens is 372 g/mol. The van der Waals surface area contributed by atoms with Crippen LogP contribution < -0.4 is 10.6 Å². The van der Waals surface area contributed by atoms with Gasteiger partial charge in [0, 0.05) is 30.1 Å². The molecule has 0 saturated heterocycles. The van der Waals surface area contributed by atoms with E-state index in [1.54, 1.807) is 17.7 Å². The number of fused-ring (bicyclic) bond motifs is 3. The molecule has 2 heterocycles.